The minimum Gasteiger partial charge on any atom is -0.380 e. The maximum Gasteiger partial charge on any atom is 0.0670 e. The quantitative estimate of drug-likeness (QED) is 0.877. The summed E-state index contributed by atoms with van der Waals surface area (Å²) >= 11 is 6.25. The van der Waals surface area contributed by atoms with Gasteiger partial charge in [-0.3, -0.25) is 0 Å². The predicted octanol–water partition coefficient (Wildman–Crippen LogP) is 4.49. The third-order valence-electron chi connectivity index (χ3n) is 4.89. The molecule has 3 heteroatoms. The fourth-order valence-electron chi connectivity index (χ4n) is 3.85. The van der Waals surface area contributed by atoms with Crippen molar-refractivity contribution in [1.29, 1.82) is 0 Å². The lowest BCUT2D eigenvalue weighted by Crippen LogP contribution is -2.60. The summed E-state index contributed by atoms with van der Waals surface area (Å²) in [5, 5.41) is 4.47. The molecule has 1 spiro atoms. The van der Waals surface area contributed by atoms with Crippen molar-refractivity contribution < 1.29 is 4.74 Å². The Morgan fingerprint density at radius 3 is 2.74 bits per heavy atom. The summed E-state index contributed by atoms with van der Waals surface area (Å²) in [7, 11) is 0. The number of halogens is 1. The van der Waals surface area contributed by atoms with Gasteiger partial charge < -0.3 is 10.1 Å². The molecule has 2 nitrogen and oxygen atoms in total. The van der Waals surface area contributed by atoms with Gasteiger partial charge in [-0.05, 0) is 38.3 Å². The number of nitrogens with one attached hydrogen (secondary N) is 1. The first kappa shape index (κ1) is 13.3. The number of anilines is 1. The third kappa shape index (κ3) is 2.25. The van der Waals surface area contributed by atoms with E-state index in [1.807, 2.05) is 18.2 Å². The van der Waals surface area contributed by atoms with Gasteiger partial charge in [-0.1, -0.05) is 36.6 Å². The van der Waals surface area contributed by atoms with E-state index in [2.05, 4.69) is 18.3 Å². The number of hydrogen-bond acceptors (Lipinski definition) is 2. The van der Waals surface area contributed by atoms with Gasteiger partial charge in [-0.2, -0.15) is 0 Å². The van der Waals surface area contributed by atoms with Crippen molar-refractivity contribution in [3.63, 3.8) is 0 Å². The van der Waals surface area contributed by atoms with Crippen LogP contribution in [0.15, 0.2) is 24.3 Å². The van der Waals surface area contributed by atoms with Crippen molar-refractivity contribution >= 4 is 17.3 Å². The summed E-state index contributed by atoms with van der Waals surface area (Å²) < 4.78 is 5.94. The highest BCUT2D eigenvalue weighted by Gasteiger charge is 2.56. The first-order valence-electron chi connectivity index (χ1n) is 7.39. The zero-order chi connectivity index (χ0) is 13.3. The van der Waals surface area contributed by atoms with Gasteiger partial charge in [0.2, 0.25) is 0 Å². The fraction of sp³-hybridized carbons (Fsp3) is 0.625. The number of rotatable bonds is 4. The van der Waals surface area contributed by atoms with E-state index in [0.29, 0.717) is 17.6 Å². The van der Waals surface area contributed by atoms with Crippen molar-refractivity contribution in [3.8, 4) is 0 Å². The van der Waals surface area contributed by atoms with Crippen LogP contribution >= 0.6 is 11.6 Å². The standard InChI is InChI=1S/C16H22ClNO/c1-2-19-15-11-14(16(15)9-5-6-10-16)18-13-8-4-3-7-12(13)17/h3-4,7-8,14-15,18H,2,5-6,9-11H2,1H3. The lowest BCUT2D eigenvalue weighted by Gasteiger charge is -2.54. The highest BCUT2D eigenvalue weighted by molar-refractivity contribution is 6.33. The summed E-state index contributed by atoms with van der Waals surface area (Å²) in [6.45, 7) is 2.92. The number of benzene rings is 1. The summed E-state index contributed by atoms with van der Waals surface area (Å²) in [6, 6.07) is 8.55. The molecule has 0 heterocycles. The summed E-state index contributed by atoms with van der Waals surface area (Å²) in [6.07, 6.45) is 6.81. The maximum atomic E-state index is 6.25. The van der Waals surface area contributed by atoms with Gasteiger partial charge in [-0.15, -0.1) is 0 Å². The molecule has 0 bridgehead atoms. The lowest BCUT2D eigenvalue weighted by atomic mass is 9.60. The summed E-state index contributed by atoms with van der Waals surface area (Å²) in [4.78, 5) is 0. The molecule has 19 heavy (non-hydrogen) atoms. The minimum atomic E-state index is 0.356. The Labute approximate surface area is 120 Å². The SMILES string of the molecule is CCOC1CC(Nc2ccccc2Cl)C12CCCC2. The third-order valence-corrected chi connectivity index (χ3v) is 5.22. The summed E-state index contributed by atoms with van der Waals surface area (Å²) in [5.74, 6) is 0. The van der Waals surface area contributed by atoms with Crippen molar-refractivity contribution in [2.45, 2.75) is 51.2 Å². The van der Waals surface area contributed by atoms with Gasteiger partial charge >= 0.3 is 0 Å². The Morgan fingerprint density at radius 2 is 2.05 bits per heavy atom. The molecule has 104 valence electrons. The van der Waals surface area contributed by atoms with Crippen LogP contribution in [0, 0.1) is 5.41 Å². The molecule has 0 aromatic heterocycles. The normalized spacial score (nSPS) is 28.3. The van der Waals surface area contributed by atoms with Gasteiger partial charge in [-0.25, -0.2) is 0 Å². The molecule has 2 atom stereocenters. The van der Waals surface area contributed by atoms with E-state index < -0.39 is 0 Å². The average molecular weight is 280 g/mol. The largest absolute Gasteiger partial charge is 0.380 e. The van der Waals surface area contributed by atoms with E-state index in [-0.39, 0.29) is 0 Å². The Kier molecular flexibility index (Phi) is 3.72. The van der Waals surface area contributed by atoms with Crippen LogP contribution in [0.4, 0.5) is 5.69 Å². The molecule has 0 aliphatic heterocycles. The van der Waals surface area contributed by atoms with Crippen LogP contribution in [0.5, 0.6) is 0 Å². The number of ether oxygens (including phenoxy) is 1. The zero-order valence-electron chi connectivity index (χ0n) is 11.5. The molecule has 1 aromatic rings. The van der Waals surface area contributed by atoms with Crippen molar-refractivity contribution in [1.82, 2.24) is 0 Å². The second kappa shape index (κ2) is 5.34. The Balaban J connectivity index is 1.74. The summed E-state index contributed by atoms with van der Waals surface area (Å²) in [5.41, 5.74) is 1.42. The van der Waals surface area contributed by atoms with Gasteiger partial charge in [0.05, 0.1) is 16.8 Å². The molecule has 2 fully saturated rings. The molecule has 1 N–H and O–H groups in total. The Morgan fingerprint density at radius 1 is 1.32 bits per heavy atom. The molecule has 2 aliphatic carbocycles. The molecular formula is C16H22ClNO. The second-order valence-corrected chi connectivity index (χ2v) is 6.20. The highest BCUT2D eigenvalue weighted by Crippen LogP contribution is 2.55. The van der Waals surface area contributed by atoms with Crippen molar-refractivity contribution in [3.05, 3.63) is 29.3 Å². The molecule has 0 amide bonds. The number of para-hydroxylation sites is 1. The van der Waals surface area contributed by atoms with E-state index in [1.54, 1.807) is 0 Å². The Bertz CT molecular complexity index is 442. The van der Waals surface area contributed by atoms with Crippen LogP contribution < -0.4 is 5.32 Å². The number of hydrogen-bond donors (Lipinski definition) is 1. The fourth-order valence-corrected chi connectivity index (χ4v) is 4.05. The van der Waals surface area contributed by atoms with Crippen molar-refractivity contribution in [2.75, 3.05) is 11.9 Å². The smallest absolute Gasteiger partial charge is 0.0670 e. The van der Waals surface area contributed by atoms with E-state index in [4.69, 9.17) is 16.3 Å². The lowest BCUT2D eigenvalue weighted by molar-refractivity contribution is -0.114. The van der Waals surface area contributed by atoms with E-state index in [0.717, 1.165) is 23.7 Å². The first-order chi connectivity index (χ1) is 9.26. The topological polar surface area (TPSA) is 21.3 Å². The molecule has 3 rings (SSSR count). The van der Waals surface area contributed by atoms with E-state index >= 15 is 0 Å². The molecule has 0 saturated heterocycles. The Hall–Kier alpha value is -0.730. The van der Waals surface area contributed by atoms with Gasteiger partial charge in [0, 0.05) is 18.1 Å². The van der Waals surface area contributed by atoms with E-state index in [1.165, 1.54) is 25.7 Å². The molecule has 2 unspecified atom stereocenters. The first-order valence-corrected chi connectivity index (χ1v) is 7.77. The van der Waals surface area contributed by atoms with Crippen LogP contribution in [0.25, 0.3) is 0 Å². The second-order valence-electron chi connectivity index (χ2n) is 5.80. The van der Waals surface area contributed by atoms with Gasteiger partial charge in [0.1, 0.15) is 0 Å². The molecule has 2 saturated carbocycles. The molecule has 2 aliphatic rings. The van der Waals surface area contributed by atoms with E-state index in [9.17, 15) is 0 Å². The van der Waals surface area contributed by atoms with Gasteiger partial charge in [0.15, 0.2) is 0 Å². The molecule has 0 radical (unpaired) electrons. The van der Waals surface area contributed by atoms with Crippen LogP contribution in [-0.4, -0.2) is 18.8 Å². The molecular weight excluding hydrogens is 258 g/mol. The highest BCUT2D eigenvalue weighted by atomic mass is 35.5. The average Bonchev–Trinajstić information content (AvgIpc) is 2.92. The van der Waals surface area contributed by atoms with Crippen LogP contribution in [0.1, 0.15) is 39.0 Å². The van der Waals surface area contributed by atoms with Crippen LogP contribution in [-0.2, 0) is 4.74 Å². The minimum absolute atomic E-state index is 0.356. The van der Waals surface area contributed by atoms with Crippen LogP contribution in [0.2, 0.25) is 5.02 Å². The van der Waals surface area contributed by atoms with Crippen molar-refractivity contribution in [2.24, 2.45) is 5.41 Å². The zero-order valence-corrected chi connectivity index (χ0v) is 12.2. The predicted molar refractivity (Wildman–Crippen MR) is 79.8 cm³/mol. The maximum absolute atomic E-state index is 6.25. The monoisotopic (exact) mass is 279 g/mol. The van der Waals surface area contributed by atoms with Crippen LogP contribution in [0.3, 0.4) is 0 Å². The van der Waals surface area contributed by atoms with Gasteiger partial charge in [0.25, 0.3) is 0 Å². The molecule has 1 aromatic carbocycles.